The van der Waals surface area contributed by atoms with Crippen molar-refractivity contribution in [2.24, 2.45) is 0 Å². The van der Waals surface area contributed by atoms with Crippen LogP contribution in [0.2, 0.25) is 0 Å². The van der Waals surface area contributed by atoms with E-state index in [9.17, 15) is 13.6 Å². The van der Waals surface area contributed by atoms with Crippen molar-refractivity contribution in [2.75, 3.05) is 14.2 Å². The number of pyridine rings is 1. The summed E-state index contributed by atoms with van der Waals surface area (Å²) in [6.07, 6.45) is 1.23. The summed E-state index contributed by atoms with van der Waals surface area (Å²) in [5.74, 6) is 0.157. The van der Waals surface area contributed by atoms with Crippen LogP contribution in [0.15, 0.2) is 65.7 Å². The molecule has 0 unspecified atom stereocenters. The maximum atomic E-state index is 13.9. The van der Waals surface area contributed by atoms with Gasteiger partial charge in [-0.15, -0.1) is 0 Å². The number of benzene rings is 2. The summed E-state index contributed by atoms with van der Waals surface area (Å²) < 4.78 is 46.1. The van der Waals surface area contributed by atoms with Crippen LogP contribution in [0.25, 0.3) is 5.69 Å². The Kier molecular flexibility index (Phi) is 5.84. The Balaban J connectivity index is 1.55. The SMILES string of the molecule is COc1cc(Oc2ccc(-n3ncn(Cc4c(F)cccc4F)c3=O)cc2)cc(OC)n1. The smallest absolute Gasteiger partial charge is 0.350 e. The first-order chi connectivity index (χ1) is 15.5. The van der Waals surface area contributed by atoms with E-state index in [1.165, 1.54) is 26.6 Å². The summed E-state index contributed by atoms with van der Waals surface area (Å²) in [4.78, 5) is 16.8. The number of hydrogen-bond donors (Lipinski definition) is 0. The van der Waals surface area contributed by atoms with E-state index in [2.05, 4.69) is 10.1 Å². The standard InChI is InChI=1S/C22H18F2N4O4/c1-30-20-10-16(11-21(26-20)31-2)32-15-8-6-14(7-9-15)28-22(29)27(13-25-28)12-17-18(23)4-3-5-19(17)24/h3-11,13H,12H2,1-2H3. The van der Waals surface area contributed by atoms with Crippen LogP contribution in [-0.4, -0.2) is 33.6 Å². The van der Waals surface area contributed by atoms with Gasteiger partial charge in [0.25, 0.3) is 0 Å². The Bertz CT molecular complexity index is 1260. The Morgan fingerprint density at radius 1 is 0.906 bits per heavy atom. The summed E-state index contributed by atoms with van der Waals surface area (Å²) >= 11 is 0. The number of halogens is 2. The Labute approximate surface area is 181 Å². The van der Waals surface area contributed by atoms with Gasteiger partial charge >= 0.3 is 5.69 Å². The second-order valence-corrected chi connectivity index (χ2v) is 6.64. The predicted molar refractivity (Wildman–Crippen MR) is 111 cm³/mol. The molecule has 2 aromatic carbocycles. The number of nitrogens with zero attached hydrogens (tertiary/aromatic N) is 4. The molecule has 0 spiro atoms. The van der Waals surface area contributed by atoms with Crippen molar-refractivity contribution < 1.29 is 23.0 Å². The minimum Gasteiger partial charge on any atom is -0.481 e. The number of aromatic nitrogens is 4. The van der Waals surface area contributed by atoms with E-state index < -0.39 is 17.3 Å². The first kappa shape index (κ1) is 21.0. The van der Waals surface area contributed by atoms with E-state index in [0.29, 0.717) is 28.9 Å². The van der Waals surface area contributed by atoms with Crippen LogP contribution in [0.4, 0.5) is 8.78 Å². The fourth-order valence-corrected chi connectivity index (χ4v) is 2.99. The first-order valence-electron chi connectivity index (χ1n) is 9.44. The highest BCUT2D eigenvalue weighted by Crippen LogP contribution is 2.28. The monoisotopic (exact) mass is 440 g/mol. The van der Waals surface area contributed by atoms with Gasteiger partial charge in [0.1, 0.15) is 29.5 Å². The third-order valence-electron chi connectivity index (χ3n) is 4.61. The normalized spacial score (nSPS) is 10.8. The second-order valence-electron chi connectivity index (χ2n) is 6.64. The molecule has 2 heterocycles. The van der Waals surface area contributed by atoms with Crippen LogP contribution >= 0.6 is 0 Å². The van der Waals surface area contributed by atoms with E-state index in [1.807, 2.05) is 0 Å². The first-order valence-corrected chi connectivity index (χ1v) is 9.44. The topological polar surface area (TPSA) is 80.4 Å². The lowest BCUT2D eigenvalue weighted by atomic mass is 10.2. The van der Waals surface area contributed by atoms with Crippen molar-refractivity contribution in [1.82, 2.24) is 19.3 Å². The molecular formula is C22H18F2N4O4. The molecule has 0 bridgehead atoms. The summed E-state index contributed by atoms with van der Waals surface area (Å²) in [5.41, 5.74) is -0.286. The third kappa shape index (κ3) is 4.29. The van der Waals surface area contributed by atoms with Crippen molar-refractivity contribution in [1.29, 1.82) is 0 Å². The molecule has 2 aromatic heterocycles. The summed E-state index contributed by atoms with van der Waals surface area (Å²) in [5, 5.41) is 4.04. The Morgan fingerprint density at radius 2 is 1.53 bits per heavy atom. The zero-order chi connectivity index (χ0) is 22.7. The van der Waals surface area contributed by atoms with Crippen LogP contribution in [0.3, 0.4) is 0 Å². The number of hydrogen-bond acceptors (Lipinski definition) is 6. The minimum atomic E-state index is -0.726. The van der Waals surface area contributed by atoms with E-state index >= 15 is 0 Å². The molecule has 0 aliphatic heterocycles. The van der Waals surface area contributed by atoms with Crippen molar-refractivity contribution in [3.63, 3.8) is 0 Å². The van der Waals surface area contributed by atoms with Gasteiger partial charge in [-0.2, -0.15) is 14.8 Å². The molecular weight excluding hydrogens is 422 g/mol. The van der Waals surface area contributed by atoms with Gasteiger partial charge in [-0.05, 0) is 36.4 Å². The molecule has 0 saturated carbocycles. The molecule has 0 atom stereocenters. The third-order valence-corrected chi connectivity index (χ3v) is 4.61. The molecule has 8 nitrogen and oxygen atoms in total. The number of ether oxygens (including phenoxy) is 3. The van der Waals surface area contributed by atoms with Crippen LogP contribution < -0.4 is 19.9 Å². The summed E-state index contributed by atoms with van der Waals surface area (Å²) in [7, 11) is 2.97. The van der Waals surface area contributed by atoms with Gasteiger partial charge < -0.3 is 14.2 Å². The molecule has 0 radical (unpaired) electrons. The lowest BCUT2D eigenvalue weighted by molar-refractivity contribution is 0.358. The van der Waals surface area contributed by atoms with Crippen molar-refractivity contribution in [3.8, 4) is 28.9 Å². The Morgan fingerprint density at radius 3 is 2.12 bits per heavy atom. The van der Waals surface area contributed by atoms with Gasteiger partial charge in [0.05, 0.1) is 26.5 Å². The van der Waals surface area contributed by atoms with E-state index in [4.69, 9.17) is 14.2 Å². The van der Waals surface area contributed by atoms with Crippen LogP contribution in [-0.2, 0) is 6.54 Å². The largest absolute Gasteiger partial charge is 0.481 e. The molecule has 0 aliphatic rings. The average Bonchev–Trinajstić information content (AvgIpc) is 3.16. The number of methoxy groups -OCH3 is 2. The fourth-order valence-electron chi connectivity index (χ4n) is 2.99. The lowest BCUT2D eigenvalue weighted by Crippen LogP contribution is -2.24. The van der Waals surface area contributed by atoms with Gasteiger partial charge in [-0.25, -0.2) is 13.6 Å². The maximum Gasteiger partial charge on any atom is 0.350 e. The highest BCUT2D eigenvalue weighted by atomic mass is 19.1. The highest BCUT2D eigenvalue weighted by molar-refractivity contribution is 5.41. The van der Waals surface area contributed by atoms with Gasteiger partial charge in [0.15, 0.2) is 0 Å². The van der Waals surface area contributed by atoms with Crippen molar-refractivity contribution in [2.45, 2.75) is 6.54 Å². The van der Waals surface area contributed by atoms with E-state index in [1.54, 1.807) is 36.4 Å². The highest BCUT2D eigenvalue weighted by Gasteiger charge is 2.13. The van der Waals surface area contributed by atoms with E-state index in [-0.39, 0.29) is 12.1 Å². The fraction of sp³-hybridized carbons (Fsp3) is 0.136. The lowest BCUT2D eigenvalue weighted by Gasteiger charge is -2.09. The minimum absolute atomic E-state index is 0.207. The molecule has 32 heavy (non-hydrogen) atoms. The van der Waals surface area contributed by atoms with Crippen LogP contribution in [0.1, 0.15) is 5.56 Å². The quantitative estimate of drug-likeness (QED) is 0.437. The van der Waals surface area contributed by atoms with Gasteiger partial charge in [0.2, 0.25) is 11.8 Å². The molecule has 4 rings (SSSR count). The van der Waals surface area contributed by atoms with Crippen LogP contribution in [0, 0.1) is 11.6 Å². The molecule has 10 heteroatoms. The summed E-state index contributed by atoms with van der Waals surface area (Å²) in [6, 6.07) is 13.3. The summed E-state index contributed by atoms with van der Waals surface area (Å²) in [6.45, 7) is -0.274. The number of rotatable bonds is 7. The van der Waals surface area contributed by atoms with Gasteiger partial charge in [0, 0.05) is 17.7 Å². The van der Waals surface area contributed by atoms with Crippen molar-refractivity contribution >= 4 is 0 Å². The predicted octanol–water partition coefficient (Wildman–Crippen LogP) is 3.57. The molecule has 4 aromatic rings. The molecule has 0 amide bonds. The van der Waals surface area contributed by atoms with Crippen molar-refractivity contribution in [3.05, 3.63) is 88.6 Å². The van der Waals surface area contributed by atoms with Crippen LogP contribution in [0.5, 0.6) is 23.3 Å². The second kappa shape index (κ2) is 8.88. The molecule has 0 fully saturated rings. The Hall–Kier alpha value is -4.21. The zero-order valence-corrected chi connectivity index (χ0v) is 17.2. The molecule has 0 N–H and O–H groups in total. The van der Waals surface area contributed by atoms with Gasteiger partial charge in [-0.1, -0.05) is 6.07 Å². The molecule has 0 aliphatic carbocycles. The molecule has 0 saturated heterocycles. The zero-order valence-electron chi connectivity index (χ0n) is 17.2. The molecule has 164 valence electrons. The average molecular weight is 440 g/mol. The maximum absolute atomic E-state index is 13.9. The van der Waals surface area contributed by atoms with E-state index in [0.717, 1.165) is 21.4 Å². The van der Waals surface area contributed by atoms with Gasteiger partial charge in [-0.3, -0.25) is 4.57 Å².